The molecule has 0 amide bonds. The van der Waals surface area contributed by atoms with Gasteiger partial charge in [-0.1, -0.05) is 20.3 Å². The number of rotatable bonds is 5. The van der Waals surface area contributed by atoms with Crippen molar-refractivity contribution in [2.24, 2.45) is 5.10 Å². The van der Waals surface area contributed by atoms with Crippen molar-refractivity contribution in [3.8, 4) is 0 Å². The third kappa shape index (κ3) is 3.46. The summed E-state index contributed by atoms with van der Waals surface area (Å²) in [7, 11) is 0. The first-order valence-corrected chi connectivity index (χ1v) is 6.99. The van der Waals surface area contributed by atoms with Gasteiger partial charge in [0.2, 0.25) is 0 Å². The highest BCUT2D eigenvalue weighted by atomic mass is 19.4. The zero-order valence-electron chi connectivity index (χ0n) is 12.3. The molecule has 7 heteroatoms. The number of aryl methyl sites for hydroxylation is 2. The molecule has 0 fully saturated rings. The maximum Gasteiger partial charge on any atom is 0.394 e. The molecule has 2 rings (SSSR count). The molecule has 0 aliphatic carbocycles. The lowest BCUT2D eigenvalue weighted by Gasteiger charge is -2.11. The summed E-state index contributed by atoms with van der Waals surface area (Å²) in [5.74, 6) is 0. The summed E-state index contributed by atoms with van der Waals surface area (Å²) in [6.45, 7) is 5.71. The SMILES string of the molecule is CCCc1cc(C)n(C2=C(CC)[N]N=C2CC(F)(F)F)n1. The molecule has 115 valence electrons. The Balaban J connectivity index is 2.40. The highest BCUT2D eigenvalue weighted by Crippen LogP contribution is 2.30. The van der Waals surface area contributed by atoms with E-state index in [0.29, 0.717) is 17.8 Å². The Morgan fingerprint density at radius 3 is 2.52 bits per heavy atom. The number of aromatic nitrogens is 2. The van der Waals surface area contributed by atoms with Gasteiger partial charge in [0.25, 0.3) is 0 Å². The summed E-state index contributed by atoms with van der Waals surface area (Å²) in [6, 6.07) is 1.90. The predicted octanol–water partition coefficient (Wildman–Crippen LogP) is 3.65. The molecule has 0 bridgehead atoms. The van der Waals surface area contributed by atoms with Crippen LogP contribution in [0.3, 0.4) is 0 Å². The van der Waals surface area contributed by atoms with E-state index in [0.717, 1.165) is 24.2 Å². The van der Waals surface area contributed by atoms with E-state index in [1.165, 1.54) is 0 Å². The van der Waals surface area contributed by atoms with Crippen molar-refractivity contribution < 1.29 is 13.2 Å². The molecule has 0 atom stereocenters. The van der Waals surface area contributed by atoms with Crippen LogP contribution in [0.5, 0.6) is 0 Å². The number of hydrogen-bond acceptors (Lipinski definition) is 2. The van der Waals surface area contributed by atoms with Gasteiger partial charge in [0.1, 0.15) is 5.70 Å². The molecule has 0 N–H and O–H groups in total. The van der Waals surface area contributed by atoms with Crippen LogP contribution in [0.2, 0.25) is 0 Å². The molecule has 0 aromatic carbocycles. The van der Waals surface area contributed by atoms with Crippen molar-refractivity contribution in [1.82, 2.24) is 15.2 Å². The van der Waals surface area contributed by atoms with E-state index in [2.05, 4.69) is 15.6 Å². The second-order valence-corrected chi connectivity index (χ2v) is 5.03. The standard InChI is InChI=1S/C14H18F3N4/c1-4-6-10-7-9(3)21(20-10)13-11(5-2)18-19-12(13)8-14(15,16)17/h7H,4-6,8H2,1-3H3. The molecular formula is C14H18F3N4. The second kappa shape index (κ2) is 5.91. The van der Waals surface area contributed by atoms with Gasteiger partial charge in [-0.15, -0.1) is 0 Å². The molecular weight excluding hydrogens is 281 g/mol. The van der Waals surface area contributed by atoms with Crippen molar-refractivity contribution in [1.29, 1.82) is 0 Å². The molecule has 2 heterocycles. The van der Waals surface area contributed by atoms with Crippen molar-refractivity contribution in [2.45, 2.75) is 52.6 Å². The van der Waals surface area contributed by atoms with E-state index >= 15 is 0 Å². The average Bonchev–Trinajstić information content (AvgIpc) is 2.91. The Bertz CT molecular complexity index is 582. The van der Waals surface area contributed by atoms with Crippen LogP contribution in [0.1, 0.15) is 44.5 Å². The number of nitrogens with zero attached hydrogens (tertiary/aromatic N) is 4. The predicted molar refractivity (Wildman–Crippen MR) is 74.7 cm³/mol. The summed E-state index contributed by atoms with van der Waals surface area (Å²) in [5, 5.41) is 8.12. The minimum Gasteiger partial charge on any atom is -0.234 e. The van der Waals surface area contributed by atoms with Gasteiger partial charge >= 0.3 is 6.18 Å². The summed E-state index contributed by atoms with van der Waals surface area (Å²) >= 11 is 0. The molecule has 0 unspecified atom stereocenters. The molecule has 1 aromatic heterocycles. The minimum absolute atomic E-state index is 0.0615. The van der Waals surface area contributed by atoms with E-state index in [4.69, 9.17) is 0 Å². The van der Waals surface area contributed by atoms with Crippen molar-refractivity contribution in [3.05, 3.63) is 23.2 Å². The summed E-state index contributed by atoms with van der Waals surface area (Å²) in [5.41, 5.74) is 6.42. The zero-order valence-corrected chi connectivity index (χ0v) is 12.3. The lowest BCUT2D eigenvalue weighted by atomic mass is 10.1. The highest BCUT2D eigenvalue weighted by Gasteiger charge is 2.35. The zero-order chi connectivity index (χ0) is 15.6. The third-order valence-electron chi connectivity index (χ3n) is 3.20. The fourth-order valence-electron chi connectivity index (χ4n) is 2.32. The van der Waals surface area contributed by atoms with Crippen LogP contribution < -0.4 is 5.43 Å². The smallest absolute Gasteiger partial charge is 0.234 e. The monoisotopic (exact) mass is 299 g/mol. The molecule has 21 heavy (non-hydrogen) atoms. The van der Waals surface area contributed by atoms with Crippen molar-refractivity contribution in [3.63, 3.8) is 0 Å². The maximum absolute atomic E-state index is 12.7. The Morgan fingerprint density at radius 2 is 1.95 bits per heavy atom. The highest BCUT2D eigenvalue weighted by molar-refractivity contribution is 6.20. The summed E-state index contributed by atoms with van der Waals surface area (Å²) < 4.78 is 39.6. The van der Waals surface area contributed by atoms with Crippen LogP contribution in [0.4, 0.5) is 13.2 Å². The van der Waals surface area contributed by atoms with Crippen LogP contribution in [-0.4, -0.2) is 21.7 Å². The number of hydrogen-bond donors (Lipinski definition) is 0. The van der Waals surface area contributed by atoms with Crippen molar-refractivity contribution >= 4 is 11.4 Å². The number of halogens is 3. The van der Waals surface area contributed by atoms with Gasteiger partial charge in [0.05, 0.1) is 23.5 Å². The van der Waals surface area contributed by atoms with Gasteiger partial charge in [0.15, 0.2) is 0 Å². The van der Waals surface area contributed by atoms with Gasteiger partial charge < -0.3 is 0 Å². The van der Waals surface area contributed by atoms with Gasteiger partial charge in [-0.3, -0.25) is 0 Å². The first-order chi connectivity index (χ1) is 9.85. The van der Waals surface area contributed by atoms with E-state index in [1.807, 2.05) is 26.8 Å². The van der Waals surface area contributed by atoms with Crippen LogP contribution in [0, 0.1) is 6.92 Å². The normalized spacial score (nSPS) is 15.4. The van der Waals surface area contributed by atoms with E-state index < -0.39 is 12.6 Å². The quantitative estimate of drug-likeness (QED) is 0.818. The second-order valence-electron chi connectivity index (χ2n) is 5.03. The lowest BCUT2D eigenvalue weighted by molar-refractivity contribution is -0.121. The fourth-order valence-corrected chi connectivity index (χ4v) is 2.32. The van der Waals surface area contributed by atoms with E-state index in [9.17, 15) is 13.2 Å². The minimum atomic E-state index is -4.31. The Morgan fingerprint density at radius 1 is 1.24 bits per heavy atom. The van der Waals surface area contributed by atoms with Crippen LogP contribution >= 0.6 is 0 Å². The molecule has 1 aliphatic rings. The number of allylic oxidation sites excluding steroid dienone is 2. The largest absolute Gasteiger partial charge is 0.394 e. The molecule has 0 spiro atoms. The maximum atomic E-state index is 12.7. The van der Waals surface area contributed by atoms with Crippen LogP contribution in [0.15, 0.2) is 16.9 Å². The third-order valence-corrected chi connectivity index (χ3v) is 3.20. The molecule has 0 saturated carbocycles. The summed E-state index contributed by atoms with van der Waals surface area (Å²) in [4.78, 5) is 0. The van der Waals surface area contributed by atoms with Crippen LogP contribution in [-0.2, 0) is 6.42 Å². The van der Waals surface area contributed by atoms with Gasteiger partial charge in [-0.05, 0) is 25.8 Å². The topological polar surface area (TPSA) is 44.3 Å². The Kier molecular flexibility index (Phi) is 4.39. The average molecular weight is 299 g/mol. The first-order valence-electron chi connectivity index (χ1n) is 6.99. The molecule has 1 aromatic rings. The first kappa shape index (κ1) is 15.6. The Labute approximate surface area is 121 Å². The molecule has 0 saturated heterocycles. The van der Waals surface area contributed by atoms with Gasteiger partial charge in [-0.25, -0.2) is 4.68 Å². The fraction of sp³-hybridized carbons (Fsp3) is 0.571. The molecule has 1 radical (unpaired) electrons. The molecule has 4 nitrogen and oxygen atoms in total. The lowest BCUT2D eigenvalue weighted by Crippen LogP contribution is -2.19. The Hall–Kier alpha value is -1.79. The summed E-state index contributed by atoms with van der Waals surface area (Å²) in [6.07, 6.45) is -3.15. The van der Waals surface area contributed by atoms with Gasteiger partial charge in [-0.2, -0.15) is 28.8 Å². The van der Waals surface area contributed by atoms with E-state index in [-0.39, 0.29) is 5.71 Å². The number of alkyl halides is 3. The van der Waals surface area contributed by atoms with Crippen molar-refractivity contribution in [2.75, 3.05) is 0 Å². The van der Waals surface area contributed by atoms with Crippen LogP contribution in [0.25, 0.3) is 5.70 Å². The van der Waals surface area contributed by atoms with Gasteiger partial charge in [0, 0.05) is 5.69 Å². The van der Waals surface area contributed by atoms with E-state index in [1.54, 1.807) is 4.68 Å². The molecule has 1 aliphatic heterocycles.